The minimum Gasteiger partial charge on any atom is -0.320 e. The Labute approximate surface area is 105 Å². The molecule has 0 saturated carbocycles. The Morgan fingerprint density at radius 1 is 1.29 bits per heavy atom. The van der Waals surface area contributed by atoms with E-state index in [1.165, 1.54) is 42.4 Å². The maximum atomic E-state index is 2.41. The molecule has 1 aliphatic heterocycles. The van der Waals surface area contributed by atoms with Gasteiger partial charge in [-0.05, 0) is 18.1 Å². The second-order valence-electron chi connectivity index (χ2n) is 5.40. The molecule has 1 aliphatic rings. The fourth-order valence-electron chi connectivity index (χ4n) is 3.06. The fraction of sp³-hybridized carbons (Fsp3) is 0.500. The van der Waals surface area contributed by atoms with Crippen molar-refractivity contribution in [1.82, 2.24) is 0 Å². The van der Waals surface area contributed by atoms with Gasteiger partial charge in [0.15, 0.2) is 0 Å². The quantitative estimate of drug-likeness (QED) is 0.692. The van der Waals surface area contributed by atoms with Crippen LogP contribution in [-0.2, 0) is 0 Å². The molecule has 2 rings (SSSR count). The van der Waals surface area contributed by atoms with Gasteiger partial charge in [0.25, 0.3) is 0 Å². The SMILES string of the molecule is CC[C@H]1CCC[N+]1(C)CC=Cc1ccccc1. The van der Waals surface area contributed by atoms with E-state index in [1.54, 1.807) is 0 Å². The van der Waals surface area contributed by atoms with Crippen LogP contribution in [-0.4, -0.2) is 30.7 Å². The van der Waals surface area contributed by atoms with Crippen molar-refractivity contribution >= 4 is 6.08 Å². The van der Waals surface area contributed by atoms with Gasteiger partial charge in [0.2, 0.25) is 0 Å². The molecule has 1 aromatic carbocycles. The number of nitrogens with zero attached hydrogens (tertiary/aromatic N) is 1. The molecule has 1 heterocycles. The van der Waals surface area contributed by atoms with Crippen LogP contribution in [0.25, 0.3) is 6.08 Å². The lowest BCUT2D eigenvalue weighted by molar-refractivity contribution is -0.915. The van der Waals surface area contributed by atoms with Crippen molar-refractivity contribution in [2.45, 2.75) is 32.2 Å². The number of rotatable bonds is 4. The number of benzene rings is 1. The van der Waals surface area contributed by atoms with Crippen molar-refractivity contribution in [2.24, 2.45) is 0 Å². The molecular formula is C16H24N+. The van der Waals surface area contributed by atoms with Gasteiger partial charge in [0.1, 0.15) is 0 Å². The molecule has 0 spiro atoms. The van der Waals surface area contributed by atoms with Gasteiger partial charge in [0, 0.05) is 12.8 Å². The van der Waals surface area contributed by atoms with Crippen molar-refractivity contribution in [1.29, 1.82) is 0 Å². The number of hydrogen-bond donors (Lipinski definition) is 0. The van der Waals surface area contributed by atoms with Crippen molar-refractivity contribution in [2.75, 3.05) is 20.1 Å². The highest BCUT2D eigenvalue weighted by Crippen LogP contribution is 2.26. The lowest BCUT2D eigenvalue weighted by atomic mass is 10.1. The van der Waals surface area contributed by atoms with Crippen LogP contribution in [0, 0.1) is 0 Å². The third kappa shape index (κ3) is 2.98. The van der Waals surface area contributed by atoms with E-state index in [9.17, 15) is 0 Å². The second-order valence-corrected chi connectivity index (χ2v) is 5.40. The van der Waals surface area contributed by atoms with Crippen molar-refractivity contribution in [3.8, 4) is 0 Å². The summed E-state index contributed by atoms with van der Waals surface area (Å²) in [5, 5.41) is 0. The van der Waals surface area contributed by atoms with Gasteiger partial charge in [-0.25, -0.2) is 0 Å². The van der Waals surface area contributed by atoms with E-state index in [-0.39, 0.29) is 0 Å². The van der Waals surface area contributed by atoms with Crippen LogP contribution in [0.5, 0.6) is 0 Å². The first-order chi connectivity index (χ1) is 8.24. The minimum absolute atomic E-state index is 0.871. The Bertz CT molecular complexity index is 368. The zero-order valence-corrected chi connectivity index (χ0v) is 11.1. The molecule has 0 N–H and O–H groups in total. The largest absolute Gasteiger partial charge is 0.320 e. The van der Waals surface area contributed by atoms with Crippen LogP contribution in [0.15, 0.2) is 36.4 Å². The van der Waals surface area contributed by atoms with E-state index in [0.717, 1.165) is 6.04 Å². The first-order valence-electron chi connectivity index (χ1n) is 6.80. The van der Waals surface area contributed by atoms with Crippen molar-refractivity contribution in [3.63, 3.8) is 0 Å². The molecule has 1 saturated heterocycles. The highest BCUT2D eigenvalue weighted by atomic mass is 15.4. The zero-order chi connectivity index (χ0) is 12.1. The normalized spacial score (nSPS) is 28.9. The molecule has 1 fully saturated rings. The molecular weight excluding hydrogens is 206 g/mol. The monoisotopic (exact) mass is 230 g/mol. The van der Waals surface area contributed by atoms with Gasteiger partial charge < -0.3 is 4.48 Å². The van der Waals surface area contributed by atoms with Gasteiger partial charge in [0.05, 0.1) is 26.2 Å². The number of likely N-dealkylation sites (tertiary alicyclic amines) is 1. The first-order valence-corrected chi connectivity index (χ1v) is 6.80. The Hall–Kier alpha value is -1.08. The highest BCUT2D eigenvalue weighted by Gasteiger charge is 2.35. The molecule has 0 aromatic heterocycles. The molecule has 1 nitrogen and oxygen atoms in total. The van der Waals surface area contributed by atoms with Gasteiger partial charge in [-0.3, -0.25) is 0 Å². The van der Waals surface area contributed by atoms with Crippen LogP contribution in [0.4, 0.5) is 0 Å². The number of likely N-dealkylation sites (N-methyl/N-ethyl adjacent to an activating group) is 1. The summed E-state index contributed by atoms with van der Waals surface area (Å²) in [6, 6.07) is 11.5. The van der Waals surface area contributed by atoms with Crippen LogP contribution in [0.2, 0.25) is 0 Å². The van der Waals surface area contributed by atoms with Crippen LogP contribution in [0.3, 0.4) is 0 Å². The lowest BCUT2D eigenvalue weighted by Gasteiger charge is -2.34. The summed E-state index contributed by atoms with van der Waals surface area (Å²) in [5.74, 6) is 0. The highest BCUT2D eigenvalue weighted by molar-refractivity contribution is 5.48. The first kappa shape index (κ1) is 12.4. The minimum atomic E-state index is 0.871. The van der Waals surface area contributed by atoms with E-state index in [1.807, 2.05) is 0 Å². The molecule has 1 aromatic rings. The average molecular weight is 230 g/mol. The Morgan fingerprint density at radius 2 is 2.06 bits per heavy atom. The standard InChI is InChI=1S/C16H24N/c1-3-16-12-8-14-17(16,2)13-7-11-15-9-5-4-6-10-15/h4-7,9-11,16H,3,8,12-14H2,1-2H3/q+1/t16-,17?/m0/s1. The van der Waals surface area contributed by atoms with Crippen LogP contribution < -0.4 is 0 Å². The fourth-order valence-corrected chi connectivity index (χ4v) is 3.06. The summed E-state index contributed by atoms with van der Waals surface area (Å²) in [5.41, 5.74) is 1.31. The average Bonchev–Trinajstić information content (AvgIpc) is 2.72. The van der Waals surface area contributed by atoms with Crippen LogP contribution >= 0.6 is 0 Å². The van der Waals surface area contributed by atoms with E-state index in [0.29, 0.717) is 0 Å². The van der Waals surface area contributed by atoms with E-state index in [4.69, 9.17) is 0 Å². The molecule has 0 amide bonds. The molecule has 1 heteroatoms. The molecule has 92 valence electrons. The van der Waals surface area contributed by atoms with Crippen LogP contribution in [0.1, 0.15) is 31.7 Å². The molecule has 17 heavy (non-hydrogen) atoms. The maximum absolute atomic E-state index is 2.41. The zero-order valence-electron chi connectivity index (χ0n) is 11.1. The maximum Gasteiger partial charge on any atom is 0.0977 e. The summed E-state index contributed by atoms with van der Waals surface area (Å²) in [6.07, 6.45) is 8.73. The molecule has 0 bridgehead atoms. The predicted molar refractivity (Wildman–Crippen MR) is 74.7 cm³/mol. The molecule has 0 radical (unpaired) electrons. The Morgan fingerprint density at radius 3 is 2.76 bits per heavy atom. The third-order valence-electron chi connectivity index (χ3n) is 4.19. The Balaban J connectivity index is 1.95. The third-order valence-corrected chi connectivity index (χ3v) is 4.19. The summed E-state index contributed by atoms with van der Waals surface area (Å²) >= 11 is 0. The van der Waals surface area contributed by atoms with E-state index >= 15 is 0 Å². The predicted octanol–water partition coefficient (Wildman–Crippen LogP) is 3.72. The summed E-state index contributed by atoms with van der Waals surface area (Å²) in [4.78, 5) is 0. The van der Waals surface area contributed by atoms with Gasteiger partial charge in [-0.2, -0.15) is 0 Å². The second kappa shape index (κ2) is 5.50. The van der Waals surface area contributed by atoms with E-state index in [2.05, 4.69) is 56.5 Å². The lowest BCUT2D eigenvalue weighted by Crippen LogP contribution is -2.47. The van der Waals surface area contributed by atoms with Gasteiger partial charge in [-0.1, -0.05) is 43.3 Å². The van der Waals surface area contributed by atoms with Crippen molar-refractivity contribution < 1.29 is 4.48 Å². The van der Waals surface area contributed by atoms with E-state index < -0.39 is 0 Å². The summed E-state index contributed by atoms with van der Waals surface area (Å²) in [7, 11) is 2.41. The summed E-state index contributed by atoms with van der Waals surface area (Å²) in [6.45, 7) is 4.85. The summed E-state index contributed by atoms with van der Waals surface area (Å²) < 4.78 is 1.24. The van der Waals surface area contributed by atoms with Gasteiger partial charge >= 0.3 is 0 Å². The number of quaternary nitrogens is 1. The molecule has 2 atom stereocenters. The van der Waals surface area contributed by atoms with Crippen molar-refractivity contribution in [3.05, 3.63) is 42.0 Å². The topological polar surface area (TPSA) is 0 Å². The molecule has 0 aliphatic carbocycles. The Kier molecular flexibility index (Phi) is 4.01. The van der Waals surface area contributed by atoms with Gasteiger partial charge in [-0.15, -0.1) is 0 Å². The smallest absolute Gasteiger partial charge is 0.0977 e. The molecule has 1 unspecified atom stereocenters. The number of hydrogen-bond acceptors (Lipinski definition) is 0.